The van der Waals surface area contributed by atoms with E-state index < -0.39 is 0 Å². The molecule has 7 nitrogen and oxygen atoms in total. The molecule has 1 amide bonds. The van der Waals surface area contributed by atoms with Crippen molar-refractivity contribution in [2.45, 2.75) is 20.4 Å². The van der Waals surface area contributed by atoms with E-state index in [2.05, 4.69) is 10.00 Å². The van der Waals surface area contributed by atoms with Crippen molar-refractivity contribution in [3.8, 4) is 17.2 Å². The summed E-state index contributed by atoms with van der Waals surface area (Å²) in [5, 5.41) is 5.61. The molecule has 0 N–H and O–H groups in total. The molecule has 2 aromatic heterocycles. The van der Waals surface area contributed by atoms with Crippen LogP contribution in [0.5, 0.6) is 5.75 Å². The van der Waals surface area contributed by atoms with E-state index in [4.69, 9.17) is 32.4 Å². The molecule has 0 bridgehead atoms. The van der Waals surface area contributed by atoms with Crippen molar-refractivity contribution in [1.82, 2.24) is 14.7 Å². The molecular formula is C22H24Cl2N4O3. The Bertz CT molecular complexity index is 1100. The lowest BCUT2D eigenvalue weighted by atomic mass is 10.2. The van der Waals surface area contributed by atoms with E-state index in [0.717, 1.165) is 30.2 Å². The van der Waals surface area contributed by atoms with Crippen molar-refractivity contribution < 1.29 is 13.9 Å². The maximum Gasteiger partial charge on any atom is 0.244 e. The van der Waals surface area contributed by atoms with Gasteiger partial charge >= 0.3 is 0 Å². The minimum atomic E-state index is 0.0118. The van der Waals surface area contributed by atoms with E-state index in [0.29, 0.717) is 40.3 Å². The summed E-state index contributed by atoms with van der Waals surface area (Å²) in [6.07, 6.45) is 0. The first-order valence-electron chi connectivity index (χ1n) is 10.0. The number of amides is 1. The highest BCUT2D eigenvalue weighted by Gasteiger charge is 2.24. The fourth-order valence-electron chi connectivity index (χ4n) is 3.68. The number of hydrogen-bond donors (Lipinski definition) is 0. The van der Waals surface area contributed by atoms with Gasteiger partial charge in [-0.05, 0) is 38.1 Å². The van der Waals surface area contributed by atoms with Gasteiger partial charge in [0.2, 0.25) is 5.91 Å². The predicted molar refractivity (Wildman–Crippen MR) is 121 cm³/mol. The van der Waals surface area contributed by atoms with Crippen LogP contribution in [-0.4, -0.2) is 53.9 Å². The number of halogens is 2. The second-order valence-electron chi connectivity index (χ2n) is 7.50. The van der Waals surface area contributed by atoms with Gasteiger partial charge in [0.05, 0.1) is 22.8 Å². The molecule has 0 aliphatic carbocycles. The molecule has 1 saturated heterocycles. The topological polar surface area (TPSA) is 63.7 Å². The molecule has 1 aliphatic heterocycles. The molecule has 0 unspecified atom stereocenters. The predicted octanol–water partition coefficient (Wildman–Crippen LogP) is 4.42. The number of carbonyl (C=O) groups excluding carboxylic acids is 1. The van der Waals surface area contributed by atoms with Crippen LogP contribution in [0.25, 0.3) is 11.5 Å². The number of ether oxygens (including phenoxy) is 1. The lowest BCUT2D eigenvalue weighted by Crippen LogP contribution is -2.49. The van der Waals surface area contributed by atoms with Crippen LogP contribution in [0.2, 0.25) is 10.0 Å². The Hall–Kier alpha value is -2.64. The molecule has 0 saturated carbocycles. The third-order valence-electron chi connectivity index (χ3n) is 5.52. The first-order chi connectivity index (χ1) is 14.9. The zero-order valence-corrected chi connectivity index (χ0v) is 19.2. The van der Waals surface area contributed by atoms with Gasteiger partial charge in [-0.15, -0.1) is 0 Å². The molecule has 1 fully saturated rings. The minimum Gasteiger partial charge on any atom is -0.495 e. The molecular weight excluding hydrogens is 439 g/mol. The fourth-order valence-corrected chi connectivity index (χ4v) is 4.11. The van der Waals surface area contributed by atoms with E-state index in [1.54, 1.807) is 11.8 Å². The van der Waals surface area contributed by atoms with Crippen LogP contribution in [0.1, 0.15) is 11.5 Å². The number of piperazine rings is 1. The highest BCUT2D eigenvalue weighted by atomic mass is 35.5. The Kier molecular flexibility index (Phi) is 6.16. The van der Waals surface area contributed by atoms with E-state index >= 15 is 0 Å². The number of furan rings is 1. The summed E-state index contributed by atoms with van der Waals surface area (Å²) in [5.41, 5.74) is 2.33. The van der Waals surface area contributed by atoms with Crippen LogP contribution in [0.15, 0.2) is 34.7 Å². The second-order valence-corrected chi connectivity index (χ2v) is 8.29. The molecule has 3 heterocycles. The van der Waals surface area contributed by atoms with Gasteiger partial charge < -0.3 is 19.0 Å². The minimum absolute atomic E-state index is 0.0118. The summed E-state index contributed by atoms with van der Waals surface area (Å²) in [6, 6.07) is 9.42. The zero-order valence-electron chi connectivity index (χ0n) is 17.7. The van der Waals surface area contributed by atoms with Crippen molar-refractivity contribution in [3.63, 3.8) is 0 Å². The number of carbonyl (C=O) groups is 1. The maximum absolute atomic E-state index is 12.9. The van der Waals surface area contributed by atoms with Crippen molar-refractivity contribution in [2.24, 2.45) is 0 Å². The quantitative estimate of drug-likeness (QED) is 0.561. The normalized spacial score (nSPS) is 14.2. The lowest BCUT2D eigenvalue weighted by molar-refractivity contribution is -0.132. The maximum atomic E-state index is 12.9. The van der Waals surface area contributed by atoms with Crippen LogP contribution >= 0.6 is 23.2 Å². The monoisotopic (exact) mass is 462 g/mol. The number of nitrogens with zero attached hydrogens (tertiary/aromatic N) is 4. The number of benzene rings is 1. The first-order valence-corrected chi connectivity index (χ1v) is 10.8. The van der Waals surface area contributed by atoms with Gasteiger partial charge in [0.15, 0.2) is 5.76 Å². The van der Waals surface area contributed by atoms with E-state index in [1.165, 1.54) is 0 Å². The largest absolute Gasteiger partial charge is 0.495 e. The van der Waals surface area contributed by atoms with Crippen molar-refractivity contribution in [1.29, 1.82) is 0 Å². The zero-order chi connectivity index (χ0) is 22.1. The Morgan fingerprint density at radius 2 is 1.87 bits per heavy atom. The summed E-state index contributed by atoms with van der Waals surface area (Å²) >= 11 is 12.6. The Labute approximate surface area is 191 Å². The number of hydrogen-bond acceptors (Lipinski definition) is 5. The molecule has 3 aromatic rings. The number of methoxy groups -OCH3 is 1. The van der Waals surface area contributed by atoms with Gasteiger partial charge in [0, 0.05) is 37.9 Å². The van der Waals surface area contributed by atoms with Gasteiger partial charge in [-0.3, -0.25) is 9.48 Å². The molecule has 4 rings (SSSR count). The van der Waals surface area contributed by atoms with E-state index in [1.807, 2.05) is 49.1 Å². The fraction of sp³-hybridized carbons (Fsp3) is 0.364. The van der Waals surface area contributed by atoms with Crippen molar-refractivity contribution in [2.75, 3.05) is 38.2 Å². The number of aryl methyl sites for hydroxylation is 1. The summed E-state index contributed by atoms with van der Waals surface area (Å²) < 4.78 is 12.6. The van der Waals surface area contributed by atoms with Crippen molar-refractivity contribution in [3.05, 3.63) is 51.8 Å². The SMILES string of the molecule is COc1cc(N2CCN(C(=O)Cn3nc(-c4ccc(C)o4)c(Cl)c3C)CC2)ccc1Cl. The number of aromatic nitrogens is 2. The molecule has 164 valence electrons. The summed E-state index contributed by atoms with van der Waals surface area (Å²) in [7, 11) is 1.60. The average Bonchev–Trinajstić information content (AvgIpc) is 3.32. The van der Waals surface area contributed by atoms with Gasteiger partial charge in [0.1, 0.15) is 23.7 Å². The third-order valence-corrected chi connectivity index (χ3v) is 6.29. The van der Waals surface area contributed by atoms with Crippen LogP contribution in [-0.2, 0) is 11.3 Å². The summed E-state index contributed by atoms with van der Waals surface area (Å²) in [4.78, 5) is 17.0. The first kappa shape index (κ1) is 21.6. The highest BCUT2D eigenvalue weighted by Crippen LogP contribution is 2.31. The van der Waals surface area contributed by atoms with Gasteiger partial charge in [-0.1, -0.05) is 23.2 Å². The van der Waals surface area contributed by atoms with Gasteiger partial charge in [-0.2, -0.15) is 5.10 Å². The lowest BCUT2D eigenvalue weighted by Gasteiger charge is -2.36. The van der Waals surface area contributed by atoms with E-state index in [9.17, 15) is 4.79 Å². The standard InChI is InChI=1S/C22H24Cl2N4O3/c1-14-4-7-18(31-14)22-21(24)15(2)28(25-22)13-20(29)27-10-8-26(9-11-27)16-5-6-17(23)19(12-16)30-3/h4-7,12H,8-11,13H2,1-3H3. The Morgan fingerprint density at radius 1 is 1.13 bits per heavy atom. The van der Waals surface area contributed by atoms with E-state index in [-0.39, 0.29) is 12.5 Å². The number of rotatable bonds is 5. The van der Waals surface area contributed by atoms with Gasteiger partial charge in [-0.25, -0.2) is 0 Å². The average molecular weight is 463 g/mol. The molecule has 0 radical (unpaired) electrons. The summed E-state index contributed by atoms with van der Waals surface area (Å²) in [5.74, 6) is 2.04. The molecule has 1 aromatic carbocycles. The Balaban J connectivity index is 1.41. The Morgan fingerprint density at radius 3 is 2.52 bits per heavy atom. The number of anilines is 1. The molecule has 0 atom stereocenters. The van der Waals surface area contributed by atoms with Crippen LogP contribution in [0, 0.1) is 13.8 Å². The molecule has 9 heteroatoms. The molecule has 1 aliphatic rings. The smallest absolute Gasteiger partial charge is 0.244 e. The molecule has 31 heavy (non-hydrogen) atoms. The van der Waals surface area contributed by atoms with Crippen LogP contribution in [0.4, 0.5) is 5.69 Å². The second kappa shape index (κ2) is 8.85. The van der Waals surface area contributed by atoms with Gasteiger partial charge in [0.25, 0.3) is 0 Å². The highest BCUT2D eigenvalue weighted by molar-refractivity contribution is 6.33. The molecule has 0 spiro atoms. The van der Waals surface area contributed by atoms with Crippen molar-refractivity contribution >= 4 is 34.8 Å². The van der Waals surface area contributed by atoms with Crippen LogP contribution < -0.4 is 9.64 Å². The summed E-state index contributed by atoms with van der Waals surface area (Å²) in [6.45, 7) is 6.57. The third kappa shape index (κ3) is 4.38. The van der Waals surface area contributed by atoms with Crippen LogP contribution in [0.3, 0.4) is 0 Å².